The van der Waals surface area contributed by atoms with E-state index in [0.717, 1.165) is 19.4 Å². The molecule has 1 heterocycles. The first kappa shape index (κ1) is 15.4. The zero-order chi connectivity index (χ0) is 13.8. The van der Waals surface area contributed by atoms with Gasteiger partial charge in [-0.15, -0.1) is 0 Å². The van der Waals surface area contributed by atoms with Crippen molar-refractivity contribution in [2.24, 2.45) is 5.92 Å². The van der Waals surface area contributed by atoms with E-state index in [2.05, 4.69) is 38.3 Å². The highest BCUT2D eigenvalue weighted by Crippen LogP contribution is 2.23. The maximum Gasteiger partial charge on any atom is 0.234 e. The van der Waals surface area contributed by atoms with Gasteiger partial charge in [-0.3, -0.25) is 4.79 Å². The average molecular weight is 256 g/mol. The molecule has 1 fully saturated rings. The van der Waals surface area contributed by atoms with E-state index in [9.17, 15) is 4.79 Å². The lowest BCUT2D eigenvalue weighted by Gasteiger charge is -2.35. The molecule has 1 saturated heterocycles. The fourth-order valence-corrected chi connectivity index (χ4v) is 2.11. The van der Waals surface area contributed by atoms with Gasteiger partial charge in [-0.25, -0.2) is 0 Å². The van der Waals surface area contributed by atoms with Crippen molar-refractivity contribution < 1.29 is 9.53 Å². The molecule has 1 rings (SSSR count). The van der Waals surface area contributed by atoms with Gasteiger partial charge >= 0.3 is 0 Å². The van der Waals surface area contributed by atoms with Gasteiger partial charge in [0.2, 0.25) is 5.91 Å². The molecule has 0 aromatic heterocycles. The van der Waals surface area contributed by atoms with Crippen molar-refractivity contribution in [1.82, 2.24) is 10.6 Å². The molecular weight excluding hydrogens is 228 g/mol. The third-order valence-electron chi connectivity index (χ3n) is 3.64. The molecule has 1 aliphatic heterocycles. The highest BCUT2D eigenvalue weighted by atomic mass is 16.5. The standard InChI is InChI=1S/C14H28N2O2/c1-10(2)11(3)16-13(17)9-15-12-6-7-18-14(4,5)8-12/h10-12,15H,6-9H2,1-5H3,(H,16,17). The largest absolute Gasteiger partial charge is 0.375 e. The molecule has 2 unspecified atom stereocenters. The molecule has 0 spiro atoms. The first-order chi connectivity index (χ1) is 8.30. The summed E-state index contributed by atoms with van der Waals surface area (Å²) in [5, 5.41) is 6.34. The highest BCUT2D eigenvalue weighted by Gasteiger charge is 2.28. The predicted molar refractivity (Wildman–Crippen MR) is 73.5 cm³/mol. The second-order valence-electron chi connectivity index (χ2n) is 6.28. The smallest absolute Gasteiger partial charge is 0.234 e. The van der Waals surface area contributed by atoms with Gasteiger partial charge in [-0.05, 0) is 39.5 Å². The number of ether oxygens (including phenoxy) is 1. The van der Waals surface area contributed by atoms with Crippen molar-refractivity contribution in [2.45, 2.75) is 65.1 Å². The first-order valence-corrected chi connectivity index (χ1v) is 6.97. The van der Waals surface area contributed by atoms with Crippen molar-refractivity contribution >= 4 is 5.91 Å². The summed E-state index contributed by atoms with van der Waals surface area (Å²) in [5.74, 6) is 0.552. The SMILES string of the molecule is CC(C)C(C)NC(=O)CNC1CCOC(C)(C)C1. The fraction of sp³-hybridized carbons (Fsp3) is 0.929. The van der Waals surface area contributed by atoms with Gasteiger partial charge in [0, 0.05) is 18.7 Å². The van der Waals surface area contributed by atoms with Crippen LogP contribution >= 0.6 is 0 Å². The summed E-state index contributed by atoms with van der Waals surface area (Å²) < 4.78 is 5.66. The number of hydrogen-bond donors (Lipinski definition) is 2. The minimum absolute atomic E-state index is 0.0718. The Morgan fingerprint density at radius 1 is 1.39 bits per heavy atom. The lowest BCUT2D eigenvalue weighted by atomic mass is 9.94. The Hall–Kier alpha value is -0.610. The summed E-state index contributed by atoms with van der Waals surface area (Å²) in [7, 11) is 0. The van der Waals surface area contributed by atoms with Crippen molar-refractivity contribution in [2.75, 3.05) is 13.2 Å². The van der Waals surface area contributed by atoms with Crippen molar-refractivity contribution in [3.05, 3.63) is 0 Å². The zero-order valence-electron chi connectivity index (χ0n) is 12.4. The van der Waals surface area contributed by atoms with Crippen molar-refractivity contribution in [3.8, 4) is 0 Å². The molecule has 2 N–H and O–H groups in total. The van der Waals surface area contributed by atoms with Crippen LogP contribution in [-0.4, -0.2) is 36.7 Å². The van der Waals surface area contributed by atoms with Gasteiger partial charge in [0.1, 0.15) is 0 Å². The van der Waals surface area contributed by atoms with Crippen LogP contribution in [0.3, 0.4) is 0 Å². The molecule has 0 aromatic carbocycles. The van der Waals surface area contributed by atoms with Crippen LogP contribution in [0.15, 0.2) is 0 Å². The Labute approximate surface area is 111 Å². The van der Waals surface area contributed by atoms with E-state index >= 15 is 0 Å². The van der Waals surface area contributed by atoms with E-state index < -0.39 is 0 Å². The summed E-state index contributed by atoms with van der Waals surface area (Å²) in [6.45, 7) is 11.6. The minimum atomic E-state index is -0.0718. The minimum Gasteiger partial charge on any atom is -0.375 e. The molecule has 18 heavy (non-hydrogen) atoms. The third kappa shape index (κ3) is 5.36. The third-order valence-corrected chi connectivity index (χ3v) is 3.64. The topological polar surface area (TPSA) is 50.4 Å². The van der Waals surface area contributed by atoms with E-state index in [1.165, 1.54) is 0 Å². The van der Waals surface area contributed by atoms with Crippen molar-refractivity contribution in [3.63, 3.8) is 0 Å². The van der Waals surface area contributed by atoms with Crippen LogP contribution in [0.4, 0.5) is 0 Å². The Bertz CT molecular complexity index is 277. The van der Waals surface area contributed by atoms with Gasteiger partial charge in [-0.2, -0.15) is 0 Å². The summed E-state index contributed by atoms with van der Waals surface area (Å²) in [6, 6.07) is 0.610. The molecule has 4 heteroatoms. The lowest BCUT2D eigenvalue weighted by molar-refractivity contribution is -0.121. The van der Waals surface area contributed by atoms with Gasteiger partial charge in [0.05, 0.1) is 12.1 Å². The molecule has 2 atom stereocenters. The molecule has 0 aromatic rings. The summed E-state index contributed by atoms with van der Waals surface area (Å²) >= 11 is 0. The second-order valence-corrected chi connectivity index (χ2v) is 6.28. The highest BCUT2D eigenvalue weighted by molar-refractivity contribution is 5.78. The summed E-state index contributed by atoms with van der Waals surface area (Å²) in [5.41, 5.74) is -0.0718. The maximum absolute atomic E-state index is 11.8. The normalized spacial score (nSPS) is 24.9. The Kier molecular flexibility index (Phi) is 5.60. The Balaban J connectivity index is 2.26. The maximum atomic E-state index is 11.8. The van der Waals surface area contributed by atoms with Crippen LogP contribution in [-0.2, 0) is 9.53 Å². The van der Waals surface area contributed by atoms with E-state index in [0.29, 0.717) is 18.5 Å². The molecule has 0 aliphatic carbocycles. The molecule has 0 bridgehead atoms. The Morgan fingerprint density at radius 2 is 2.06 bits per heavy atom. The number of hydrogen-bond acceptors (Lipinski definition) is 3. The van der Waals surface area contributed by atoms with Crippen LogP contribution in [0.1, 0.15) is 47.5 Å². The van der Waals surface area contributed by atoms with Crippen LogP contribution < -0.4 is 10.6 Å². The Morgan fingerprint density at radius 3 is 2.61 bits per heavy atom. The second kappa shape index (κ2) is 6.53. The van der Waals surface area contributed by atoms with Crippen LogP contribution in [0, 0.1) is 5.92 Å². The van der Waals surface area contributed by atoms with E-state index in [1.54, 1.807) is 0 Å². The monoisotopic (exact) mass is 256 g/mol. The van der Waals surface area contributed by atoms with Gasteiger partial charge in [-0.1, -0.05) is 13.8 Å². The number of carbonyl (C=O) groups is 1. The van der Waals surface area contributed by atoms with Crippen LogP contribution in [0.5, 0.6) is 0 Å². The van der Waals surface area contributed by atoms with Crippen molar-refractivity contribution in [1.29, 1.82) is 0 Å². The van der Waals surface area contributed by atoms with Crippen LogP contribution in [0.25, 0.3) is 0 Å². The van der Waals surface area contributed by atoms with E-state index in [1.807, 2.05) is 6.92 Å². The van der Waals surface area contributed by atoms with Gasteiger partial charge < -0.3 is 15.4 Å². The molecule has 0 saturated carbocycles. The number of rotatable bonds is 5. The average Bonchev–Trinajstić information content (AvgIpc) is 2.25. The molecule has 106 valence electrons. The van der Waals surface area contributed by atoms with Crippen LogP contribution in [0.2, 0.25) is 0 Å². The van der Waals surface area contributed by atoms with E-state index in [4.69, 9.17) is 4.74 Å². The molecule has 4 nitrogen and oxygen atoms in total. The number of carbonyl (C=O) groups excluding carboxylic acids is 1. The lowest BCUT2D eigenvalue weighted by Crippen LogP contribution is -2.48. The molecule has 1 aliphatic rings. The molecule has 0 radical (unpaired) electrons. The van der Waals surface area contributed by atoms with Gasteiger partial charge in [0.15, 0.2) is 0 Å². The van der Waals surface area contributed by atoms with Gasteiger partial charge in [0.25, 0.3) is 0 Å². The first-order valence-electron chi connectivity index (χ1n) is 6.97. The zero-order valence-corrected chi connectivity index (χ0v) is 12.4. The number of nitrogens with one attached hydrogen (secondary N) is 2. The quantitative estimate of drug-likeness (QED) is 0.787. The fourth-order valence-electron chi connectivity index (χ4n) is 2.11. The summed E-state index contributed by atoms with van der Waals surface area (Å²) in [6.07, 6.45) is 1.94. The predicted octanol–water partition coefficient (Wildman–Crippen LogP) is 1.69. The summed E-state index contributed by atoms with van der Waals surface area (Å²) in [4.78, 5) is 11.8. The van der Waals surface area contributed by atoms with E-state index in [-0.39, 0.29) is 17.6 Å². The molecular formula is C14H28N2O2. The molecule has 1 amide bonds. The number of amides is 1.